The molecule has 1 aromatic heterocycles. The first-order chi connectivity index (χ1) is 8.74. The lowest BCUT2D eigenvalue weighted by atomic mass is 10.1. The van der Waals surface area contributed by atoms with E-state index in [1.54, 1.807) is 6.20 Å². The Balaban J connectivity index is 2.25. The minimum Gasteiger partial charge on any atom is -0.356 e. The smallest absolute Gasteiger partial charge is 0.146 e. The van der Waals surface area contributed by atoms with Crippen LogP contribution in [-0.2, 0) is 0 Å². The molecule has 0 saturated carbocycles. The van der Waals surface area contributed by atoms with E-state index in [1.165, 1.54) is 6.42 Å². The molecule has 18 heavy (non-hydrogen) atoms. The highest BCUT2D eigenvalue weighted by Gasteiger charge is 2.20. The third kappa shape index (κ3) is 2.62. The number of anilines is 1. The Morgan fingerprint density at radius 2 is 2.28 bits per heavy atom. The molecule has 1 fully saturated rings. The van der Waals surface area contributed by atoms with Crippen molar-refractivity contribution in [2.75, 3.05) is 25.0 Å². The maximum Gasteiger partial charge on any atom is 0.146 e. The van der Waals surface area contributed by atoms with Gasteiger partial charge in [-0.25, -0.2) is 4.98 Å². The molecule has 2 heterocycles. The summed E-state index contributed by atoms with van der Waals surface area (Å²) in [7, 11) is 2.05. The summed E-state index contributed by atoms with van der Waals surface area (Å²) in [5.74, 6) is 0.824. The fraction of sp³-hybridized carbons (Fsp3) is 0.571. The highest BCUT2D eigenvalue weighted by molar-refractivity contribution is 5.57. The molecule has 0 spiro atoms. The number of nitrogens with one attached hydrogen (secondary N) is 1. The van der Waals surface area contributed by atoms with Crippen LogP contribution in [0.25, 0.3) is 0 Å². The Labute approximate surface area is 109 Å². The van der Waals surface area contributed by atoms with Crippen molar-refractivity contribution in [2.24, 2.45) is 0 Å². The summed E-state index contributed by atoms with van der Waals surface area (Å²) in [6, 6.07) is 4.65. The van der Waals surface area contributed by atoms with E-state index in [1.807, 2.05) is 13.0 Å². The van der Waals surface area contributed by atoms with Crippen LogP contribution in [-0.4, -0.2) is 31.2 Å². The van der Waals surface area contributed by atoms with Crippen LogP contribution < -0.4 is 10.2 Å². The van der Waals surface area contributed by atoms with Crippen molar-refractivity contribution in [1.82, 2.24) is 10.3 Å². The molecule has 1 aliphatic rings. The van der Waals surface area contributed by atoms with Crippen LogP contribution in [0.2, 0.25) is 0 Å². The topological polar surface area (TPSA) is 52.0 Å². The van der Waals surface area contributed by atoms with E-state index in [0.29, 0.717) is 11.6 Å². The van der Waals surface area contributed by atoms with E-state index in [-0.39, 0.29) is 0 Å². The van der Waals surface area contributed by atoms with Gasteiger partial charge in [-0.3, -0.25) is 0 Å². The van der Waals surface area contributed by atoms with Gasteiger partial charge in [0.1, 0.15) is 11.9 Å². The highest BCUT2D eigenvalue weighted by atomic mass is 15.2. The van der Waals surface area contributed by atoms with E-state index >= 15 is 0 Å². The van der Waals surface area contributed by atoms with E-state index in [4.69, 9.17) is 0 Å². The molecule has 0 bridgehead atoms. The average Bonchev–Trinajstić information content (AvgIpc) is 2.66. The third-order valence-electron chi connectivity index (χ3n) is 3.68. The molecule has 1 aromatic rings. The first-order valence-corrected chi connectivity index (χ1v) is 6.53. The molecule has 2 rings (SSSR count). The normalized spacial score (nSPS) is 19.9. The maximum absolute atomic E-state index is 9.27. The lowest BCUT2D eigenvalue weighted by Crippen LogP contribution is -2.33. The lowest BCUT2D eigenvalue weighted by molar-refractivity contribution is 0.562. The fourth-order valence-corrected chi connectivity index (χ4v) is 2.51. The molecule has 0 aromatic carbocycles. The predicted octanol–water partition coefficient (Wildman–Crippen LogP) is 1.84. The second-order valence-electron chi connectivity index (χ2n) is 4.88. The van der Waals surface area contributed by atoms with Gasteiger partial charge in [0.05, 0.1) is 5.56 Å². The standard InChI is InChI=1S/C14H20N4/c1-11-5-9-17-14(13(11)10-15)18(2)12-4-3-7-16-8-6-12/h5,9,12,16H,3-4,6-8H2,1-2H3. The zero-order valence-electron chi connectivity index (χ0n) is 11.1. The summed E-state index contributed by atoms with van der Waals surface area (Å²) in [6.07, 6.45) is 5.24. The third-order valence-corrected chi connectivity index (χ3v) is 3.68. The Morgan fingerprint density at radius 3 is 3.06 bits per heavy atom. The summed E-state index contributed by atoms with van der Waals surface area (Å²) in [5, 5.41) is 12.7. The van der Waals surface area contributed by atoms with Crippen molar-refractivity contribution in [2.45, 2.75) is 32.2 Å². The van der Waals surface area contributed by atoms with E-state index in [2.05, 4.69) is 28.3 Å². The lowest BCUT2D eigenvalue weighted by Gasteiger charge is -2.29. The number of hydrogen-bond donors (Lipinski definition) is 1. The monoisotopic (exact) mass is 244 g/mol. The first kappa shape index (κ1) is 12.8. The molecule has 4 heteroatoms. The number of hydrogen-bond acceptors (Lipinski definition) is 4. The Hall–Kier alpha value is -1.60. The number of nitriles is 1. The minimum absolute atomic E-state index is 0.474. The average molecular weight is 244 g/mol. The molecule has 1 saturated heterocycles. The van der Waals surface area contributed by atoms with E-state index < -0.39 is 0 Å². The quantitative estimate of drug-likeness (QED) is 0.862. The van der Waals surface area contributed by atoms with Gasteiger partial charge in [-0.2, -0.15) is 5.26 Å². The second-order valence-corrected chi connectivity index (χ2v) is 4.88. The predicted molar refractivity (Wildman–Crippen MR) is 72.6 cm³/mol. The van der Waals surface area contributed by atoms with Gasteiger partial charge in [-0.15, -0.1) is 0 Å². The number of pyridine rings is 1. The zero-order chi connectivity index (χ0) is 13.0. The molecule has 0 aliphatic carbocycles. The van der Waals surface area contributed by atoms with Gasteiger partial charge in [0, 0.05) is 19.3 Å². The molecule has 1 atom stereocenters. The molecule has 0 radical (unpaired) electrons. The van der Waals surface area contributed by atoms with E-state index in [9.17, 15) is 5.26 Å². The maximum atomic E-state index is 9.27. The fourth-order valence-electron chi connectivity index (χ4n) is 2.51. The zero-order valence-corrected chi connectivity index (χ0v) is 11.1. The molecule has 0 amide bonds. The Bertz CT molecular complexity index is 442. The molecule has 1 N–H and O–H groups in total. The Kier molecular flexibility index (Phi) is 4.16. The number of rotatable bonds is 2. The van der Waals surface area contributed by atoms with Crippen molar-refractivity contribution in [1.29, 1.82) is 5.26 Å². The van der Waals surface area contributed by atoms with Crippen LogP contribution in [0.5, 0.6) is 0 Å². The van der Waals surface area contributed by atoms with Gasteiger partial charge >= 0.3 is 0 Å². The summed E-state index contributed by atoms with van der Waals surface area (Å²) >= 11 is 0. The van der Waals surface area contributed by atoms with Crippen LogP contribution >= 0.6 is 0 Å². The summed E-state index contributed by atoms with van der Waals surface area (Å²) < 4.78 is 0. The van der Waals surface area contributed by atoms with Gasteiger partial charge < -0.3 is 10.2 Å². The summed E-state index contributed by atoms with van der Waals surface area (Å²) in [5.41, 5.74) is 1.71. The van der Waals surface area contributed by atoms with Crippen molar-refractivity contribution in [3.8, 4) is 6.07 Å². The highest BCUT2D eigenvalue weighted by Crippen LogP contribution is 2.23. The van der Waals surface area contributed by atoms with Gasteiger partial charge in [0.15, 0.2) is 0 Å². The van der Waals surface area contributed by atoms with Crippen molar-refractivity contribution in [3.63, 3.8) is 0 Å². The number of nitrogens with zero attached hydrogens (tertiary/aromatic N) is 3. The summed E-state index contributed by atoms with van der Waals surface area (Å²) in [6.45, 7) is 4.10. The van der Waals surface area contributed by atoms with Crippen LogP contribution in [0.4, 0.5) is 5.82 Å². The molecule has 4 nitrogen and oxygen atoms in total. The van der Waals surface area contributed by atoms with Crippen LogP contribution in [0, 0.1) is 18.3 Å². The Morgan fingerprint density at radius 1 is 1.44 bits per heavy atom. The summed E-state index contributed by atoms with van der Waals surface area (Å²) in [4.78, 5) is 6.58. The van der Waals surface area contributed by atoms with Crippen molar-refractivity contribution in [3.05, 3.63) is 23.4 Å². The molecule has 96 valence electrons. The molecule has 1 aliphatic heterocycles. The largest absolute Gasteiger partial charge is 0.356 e. The van der Waals surface area contributed by atoms with E-state index in [0.717, 1.165) is 37.3 Å². The SMILES string of the molecule is Cc1ccnc(N(C)C2CCCNCC2)c1C#N. The number of aryl methyl sites for hydroxylation is 1. The van der Waals surface area contributed by atoms with Crippen molar-refractivity contribution < 1.29 is 0 Å². The molecular weight excluding hydrogens is 224 g/mol. The van der Waals surface area contributed by atoms with Gasteiger partial charge in [0.25, 0.3) is 0 Å². The van der Waals surface area contributed by atoms with Crippen LogP contribution in [0.15, 0.2) is 12.3 Å². The van der Waals surface area contributed by atoms with Gasteiger partial charge in [-0.05, 0) is 50.9 Å². The van der Waals surface area contributed by atoms with Crippen molar-refractivity contribution >= 4 is 5.82 Å². The van der Waals surface area contributed by atoms with Gasteiger partial charge in [0.2, 0.25) is 0 Å². The van der Waals surface area contributed by atoms with Gasteiger partial charge in [-0.1, -0.05) is 0 Å². The minimum atomic E-state index is 0.474. The number of aromatic nitrogens is 1. The molecular formula is C14H20N4. The van der Waals surface area contributed by atoms with Crippen LogP contribution in [0.1, 0.15) is 30.4 Å². The van der Waals surface area contributed by atoms with Crippen LogP contribution in [0.3, 0.4) is 0 Å². The second kappa shape index (κ2) is 5.83. The molecule has 1 unspecified atom stereocenters. The first-order valence-electron chi connectivity index (χ1n) is 6.53.